The van der Waals surface area contributed by atoms with Crippen LogP contribution < -0.4 is 16.3 Å². The van der Waals surface area contributed by atoms with Crippen molar-refractivity contribution >= 4 is 28.5 Å². The van der Waals surface area contributed by atoms with E-state index in [9.17, 15) is 24.5 Å². The second-order valence-electron chi connectivity index (χ2n) is 7.13. The Balaban J connectivity index is 1.35. The van der Waals surface area contributed by atoms with E-state index in [2.05, 4.69) is 20.8 Å². The number of carbonyl (C=O) groups excluding carboxylic acids is 2. The molecule has 0 radical (unpaired) electrons. The van der Waals surface area contributed by atoms with E-state index in [0.29, 0.717) is 22.1 Å². The summed E-state index contributed by atoms with van der Waals surface area (Å²) in [6.07, 6.45) is 0. The van der Waals surface area contributed by atoms with Crippen molar-refractivity contribution in [2.24, 2.45) is 0 Å². The molecule has 34 heavy (non-hydrogen) atoms. The van der Waals surface area contributed by atoms with E-state index in [0.717, 1.165) is 0 Å². The first-order chi connectivity index (χ1) is 16.3. The van der Waals surface area contributed by atoms with Gasteiger partial charge in [0.25, 0.3) is 11.6 Å². The van der Waals surface area contributed by atoms with Crippen LogP contribution in [0.3, 0.4) is 0 Å². The van der Waals surface area contributed by atoms with Crippen LogP contribution in [0.15, 0.2) is 62.3 Å². The summed E-state index contributed by atoms with van der Waals surface area (Å²) < 4.78 is 10.1. The third kappa shape index (κ3) is 4.50. The summed E-state index contributed by atoms with van der Waals surface area (Å²) in [5.74, 6) is -1.65. The Morgan fingerprint density at radius 2 is 1.79 bits per heavy atom. The van der Waals surface area contributed by atoms with Gasteiger partial charge >= 0.3 is 17.4 Å². The molecule has 0 aliphatic rings. The number of nitrogens with zero attached hydrogens (tertiary/aromatic N) is 3. The highest BCUT2D eigenvalue weighted by Crippen LogP contribution is 2.27. The lowest BCUT2D eigenvalue weighted by atomic mass is 10.1. The second kappa shape index (κ2) is 9.32. The zero-order valence-electron chi connectivity index (χ0n) is 17.7. The Morgan fingerprint density at radius 3 is 2.56 bits per heavy atom. The van der Waals surface area contributed by atoms with E-state index >= 15 is 0 Å². The number of nitrogens with one attached hydrogen (secondary N) is 2. The van der Waals surface area contributed by atoms with Crippen LogP contribution >= 0.6 is 0 Å². The number of hydrogen-bond acceptors (Lipinski definition) is 9. The molecule has 0 unspecified atom stereocenters. The maximum atomic E-state index is 12.3. The second-order valence-corrected chi connectivity index (χ2v) is 7.13. The lowest BCUT2D eigenvalue weighted by Crippen LogP contribution is -2.36. The van der Waals surface area contributed by atoms with E-state index in [-0.39, 0.29) is 36.1 Å². The molecule has 4 rings (SSSR count). The molecule has 0 aliphatic carbocycles. The van der Waals surface area contributed by atoms with Gasteiger partial charge in [0.2, 0.25) is 5.82 Å². The summed E-state index contributed by atoms with van der Waals surface area (Å²) in [7, 11) is 0. The molecule has 0 aliphatic heterocycles. The largest absolute Gasteiger partial charge is 0.422 e. The quantitative estimate of drug-likeness (QED) is 0.180. The summed E-state index contributed by atoms with van der Waals surface area (Å²) in [5, 5.41) is 20.4. The fourth-order valence-corrected chi connectivity index (χ4v) is 3.23. The van der Waals surface area contributed by atoms with Crippen LogP contribution in [0.1, 0.15) is 26.6 Å². The predicted molar refractivity (Wildman–Crippen MR) is 118 cm³/mol. The Bertz CT molecular complexity index is 1470. The molecule has 2 aromatic heterocycles. The van der Waals surface area contributed by atoms with Crippen LogP contribution in [-0.2, 0) is 0 Å². The number of para-hydroxylation sites is 1. The number of amides is 2. The number of hydrogen-bond donors (Lipinski definition) is 2. The highest BCUT2D eigenvalue weighted by Gasteiger charge is 2.21. The topological polar surface area (TPSA) is 170 Å². The first-order valence-corrected chi connectivity index (χ1v) is 10.0. The molecule has 12 nitrogen and oxygen atoms in total. The van der Waals surface area contributed by atoms with Crippen molar-refractivity contribution in [1.82, 2.24) is 20.8 Å². The molecule has 12 heteroatoms. The molecule has 0 atom stereocenters. The van der Waals surface area contributed by atoms with E-state index < -0.39 is 22.4 Å². The number of carbonyl (C=O) groups is 2. The van der Waals surface area contributed by atoms with E-state index in [4.69, 9.17) is 8.94 Å². The standard InChI is InChI=1S/C22H17N5O7/c1-12-14(6-4-7-16(12)27(31)32)18-25-21(34-26-18)20(29)24-10-9-23-19(28)15-11-13-5-2-3-8-17(13)33-22(15)30/h2-8,11H,9-10H2,1H3,(H,23,28)(H,24,29). The van der Waals surface area contributed by atoms with Gasteiger partial charge in [-0.25, -0.2) is 4.79 Å². The summed E-state index contributed by atoms with van der Waals surface area (Å²) in [5.41, 5.74) is 0.0358. The Morgan fingerprint density at radius 1 is 1.06 bits per heavy atom. The summed E-state index contributed by atoms with van der Waals surface area (Å²) >= 11 is 0. The number of rotatable bonds is 7. The van der Waals surface area contributed by atoms with E-state index in [1.807, 2.05) is 0 Å². The number of benzene rings is 2. The molecule has 2 N–H and O–H groups in total. The van der Waals surface area contributed by atoms with Gasteiger partial charge in [0.1, 0.15) is 11.1 Å². The van der Waals surface area contributed by atoms with Crippen molar-refractivity contribution in [1.29, 1.82) is 0 Å². The Hall–Kier alpha value is -4.87. The Labute approximate surface area is 190 Å². The first-order valence-electron chi connectivity index (χ1n) is 10.0. The Kier molecular flexibility index (Phi) is 6.12. The van der Waals surface area contributed by atoms with E-state index in [1.165, 1.54) is 18.2 Å². The average Bonchev–Trinajstić information content (AvgIpc) is 3.31. The van der Waals surface area contributed by atoms with Crippen molar-refractivity contribution in [2.45, 2.75) is 6.92 Å². The van der Waals surface area contributed by atoms with Gasteiger partial charge < -0.3 is 19.6 Å². The number of nitro groups is 1. The number of nitro benzene ring substituents is 1. The lowest BCUT2D eigenvalue weighted by Gasteiger charge is -2.06. The maximum absolute atomic E-state index is 12.3. The van der Waals surface area contributed by atoms with Gasteiger partial charge in [-0.15, -0.1) is 0 Å². The van der Waals surface area contributed by atoms with Crippen molar-refractivity contribution in [2.75, 3.05) is 13.1 Å². The smallest absolute Gasteiger partial charge is 0.349 e. The molecular formula is C22H17N5O7. The summed E-state index contributed by atoms with van der Waals surface area (Å²) in [6.45, 7) is 1.57. The van der Waals surface area contributed by atoms with Crippen molar-refractivity contribution < 1.29 is 23.5 Å². The van der Waals surface area contributed by atoms with Gasteiger partial charge in [0.05, 0.1) is 4.92 Å². The minimum Gasteiger partial charge on any atom is -0.422 e. The molecule has 172 valence electrons. The number of fused-ring (bicyclic) bond motifs is 1. The summed E-state index contributed by atoms with van der Waals surface area (Å²) in [6, 6.07) is 12.6. The van der Waals surface area contributed by atoms with Crippen LogP contribution in [-0.4, -0.2) is 40.0 Å². The van der Waals surface area contributed by atoms with Gasteiger partial charge in [-0.3, -0.25) is 19.7 Å². The highest BCUT2D eigenvalue weighted by molar-refractivity contribution is 5.96. The van der Waals surface area contributed by atoms with Crippen molar-refractivity contribution in [3.8, 4) is 11.4 Å². The van der Waals surface area contributed by atoms with Crippen LogP contribution in [0.5, 0.6) is 0 Å². The first kappa shape index (κ1) is 22.3. The fraction of sp³-hybridized carbons (Fsp3) is 0.136. The third-order valence-electron chi connectivity index (χ3n) is 4.95. The molecule has 2 aromatic carbocycles. The van der Waals surface area contributed by atoms with Crippen molar-refractivity contribution in [3.63, 3.8) is 0 Å². The van der Waals surface area contributed by atoms with Gasteiger partial charge in [0, 0.05) is 35.7 Å². The average molecular weight is 463 g/mol. The minimum absolute atomic E-state index is 0.0110. The monoisotopic (exact) mass is 463 g/mol. The van der Waals surface area contributed by atoms with Crippen LogP contribution in [0, 0.1) is 17.0 Å². The highest BCUT2D eigenvalue weighted by atomic mass is 16.6. The van der Waals surface area contributed by atoms with E-state index in [1.54, 1.807) is 37.3 Å². The molecule has 0 bridgehead atoms. The molecule has 4 aromatic rings. The van der Waals surface area contributed by atoms with Crippen LogP contribution in [0.4, 0.5) is 5.69 Å². The van der Waals surface area contributed by atoms with Crippen molar-refractivity contribution in [3.05, 3.63) is 86.1 Å². The summed E-state index contributed by atoms with van der Waals surface area (Å²) in [4.78, 5) is 51.2. The minimum atomic E-state index is -0.768. The van der Waals surface area contributed by atoms with Crippen LogP contribution in [0.25, 0.3) is 22.4 Å². The molecule has 0 saturated carbocycles. The predicted octanol–water partition coefficient (Wildman–Crippen LogP) is 2.22. The maximum Gasteiger partial charge on any atom is 0.349 e. The fourth-order valence-electron chi connectivity index (χ4n) is 3.23. The van der Waals surface area contributed by atoms with Crippen LogP contribution in [0.2, 0.25) is 0 Å². The van der Waals surface area contributed by atoms with Gasteiger partial charge in [-0.2, -0.15) is 4.98 Å². The molecule has 0 spiro atoms. The number of aromatic nitrogens is 2. The molecule has 0 fully saturated rings. The molecular weight excluding hydrogens is 446 g/mol. The SMILES string of the molecule is Cc1c(-c2noc(C(=O)NCCNC(=O)c3cc4ccccc4oc3=O)n2)cccc1[N+](=O)[O-]. The molecule has 0 saturated heterocycles. The van der Waals surface area contributed by atoms with Gasteiger partial charge in [-0.1, -0.05) is 35.5 Å². The third-order valence-corrected chi connectivity index (χ3v) is 4.95. The zero-order valence-corrected chi connectivity index (χ0v) is 17.7. The zero-order chi connectivity index (χ0) is 24.2. The van der Waals surface area contributed by atoms with Gasteiger partial charge in [-0.05, 0) is 19.1 Å². The molecule has 2 amide bonds. The lowest BCUT2D eigenvalue weighted by molar-refractivity contribution is -0.385. The van der Waals surface area contributed by atoms with Gasteiger partial charge in [0.15, 0.2) is 0 Å². The molecule has 2 heterocycles. The normalized spacial score (nSPS) is 10.7.